The van der Waals surface area contributed by atoms with Crippen LogP contribution >= 0.6 is 12.4 Å². The Balaban J connectivity index is 0.000000490. The van der Waals surface area contributed by atoms with Gasteiger partial charge in [0.05, 0.1) is 0 Å². The van der Waals surface area contributed by atoms with Crippen LogP contribution in [0.15, 0.2) is 12.2 Å². The number of rotatable bonds is 2. The second kappa shape index (κ2) is 3.93. The zero-order chi connectivity index (χ0) is 5.11. The van der Waals surface area contributed by atoms with Crippen molar-refractivity contribution in [3.05, 3.63) is 12.2 Å². The van der Waals surface area contributed by atoms with Gasteiger partial charge in [0.2, 0.25) is 0 Å². The molecular weight excluding hydrogens is 122 g/mol. The summed E-state index contributed by atoms with van der Waals surface area (Å²) in [5, 5.41) is 0. The Kier molecular flexibility index (Phi) is 3.92. The molecule has 8 heavy (non-hydrogen) atoms. The van der Waals surface area contributed by atoms with Gasteiger partial charge >= 0.3 is 0 Å². The van der Waals surface area contributed by atoms with E-state index in [0.717, 1.165) is 5.92 Å². The third-order valence-corrected chi connectivity index (χ3v) is 1.17. The van der Waals surface area contributed by atoms with Crippen molar-refractivity contribution in [3.8, 4) is 0 Å². The minimum absolute atomic E-state index is 0. The topological polar surface area (TPSA) is 26.0 Å². The summed E-state index contributed by atoms with van der Waals surface area (Å²) in [5.74, 6) is 0.892. The molecule has 0 aliphatic heterocycles. The smallest absolute Gasteiger partial charge is 0.0106 e. The fourth-order valence-corrected chi connectivity index (χ4v) is 0.560. The lowest BCUT2D eigenvalue weighted by molar-refractivity contribution is 1.10. The van der Waals surface area contributed by atoms with E-state index in [0.29, 0.717) is 6.54 Å². The van der Waals surface area contributed by atoms with Gasteiger partial charge in [0, 0.05) is 6.54 Å². The molecular formula is C6H12ClN. The molecule has 1 aliphatic carbocycles. The molecule has 1 aliphatic rings. The number of hydrogen-bond donors (Lipinski definition) is 1. The molecule has 0 radical (unpaired) electrons. The number of hydrogen-bond acceptors (Lipinski definition) is 1. The van der Waals surface area contributed by atoms with E-state index in [1.807, 2.05) is 6.08 Å². The highest BCUT2D eigenvalue weighted by molar-refractivity contribution is 5.85. The Morgan fingerprint density at radius 2 is 2.12 bits per heavy atom. The first-order valence-corrected chi connectivity index (χ1v) is 2.80. The SMILES string of the molecule is Cl.NCC=CC1CC1. The number of allylic oxidation sites excluding steroid dienone is 1. The maximum atomic E-state index is 5.22. The summed E-state index contributed by atoms with van der Waals surface area (Å²) in [6.07, 6.45) is 7.02. The molecule has 0 aromatic rings. The molecule has 0 heterocycles. The summed E-state index contributed by atoms with van der Waals surface area (Å²) in [6.45, 7) is 0.705. The lowest BCUT2D eigenvalue weighted by Gasteiger charge is -1.76. The van der Waals surface area contributed by atoms with Gasteiger partial charge < -0.3 is 5.73 Å². The summed E-state index contributed by atoms with van der Waals surface area (Å²) in [4.78, 5) is 0. The van der Waals surface area contributed by atoms with Crippen LogP contribution < -0.4 is 5.73 Å². The Morgan fingerprint density at radius 1 is 1.50 bits per heavy atom. The molecule has 2 heteroatoms. The van der Waals surface area contributed by atoms with Crippen molar-refractivity contribution in [2.75, 3.05) is 6.54 Å². The Labute approximate surface area is 56.4 Å². The lowest BCUT2D eigenvalue weighted by atomic mass is 10.4. The van der Waals surface area contributed by atoms with Crippen LogP contribution in [0.1, 0.15) is 12.8 Å². The zero-order valence-electron chi connectivity index (χ0n) is 4.84. The summed E-state index contributed by atoms with van der Waals surface area (Å²) < 4.78 is 0. The predicted octanol–water partition coefficient (Wildman–Crippen LogP) is 1.33. The Morgan fingerprint density at radius 3 is 2.50 bits per heavy atom. The molecule has 1 rings (SSSR count). The van der Waals surface area contributed by atoms with Crippen LogP contribution in [0.3, 0.4) is 0 Å². The first-order chi connectivity index (χ1) is 3.43. The molecule has 1 saturated carbocycles. The summed E-state index contributed by atoms with van der Waals surface area (Å²) in [7, 11) is 0. The van der Waals surface area contributed by atoms with Crippen molar-refractivity contribution in [1.29, 1.82) is 0 Å². The number of halogens is 1. The second-order valence-corrected chi connectivity index (χ2v) is 2.00. The first kappa shape index (κ1) is 7.99. The van der Waals surface area contributed by atoms with Gasteiger partial charge in [-0.3, -0.25) is 0 Å². The van der Waals surface area contributed by atoms with E-state index in [1.54, 1.807) is 0 Å². The normalized spacial score (nSPS) is 18.6. The van der Waals surface area contributed by atoms with E-state index in [-0.39, 0.29) is 12.4 Å². The van der Waals surface area contributed by atoms with Gasteiger partial charge in [-0.15, -0.1) is 12.4 Å². The molecule has 0 saturated heterocycles. The van der Waals surface area contributed by atoms with Crippen molar-refractivity contribution < 1.29 is 0 Å². The minimum atomic E-state index is 0. The van der Waals surface area contributed by atoms with Crippen LogP contribution in [-0.2, 0) is 0 Å². The fraction of sp³-hybridized carbons (Fsp3) is 0.667. The van der Waals surface area contributed by atoms with Gasteiger partial charge in [-0.05, 0) is 18.8 Å². The number of nitrogens with two attached hydrogens (primary N) is 1. The standard InChI is InChI=1S/C6H11N.ClH/c7-5-1-2-6-3-4-6;/h1-2,6H,3-5,7H2;1H. The van der Waals surface area contributed by atoms with Crippen molar-refractivity contribution in [2.45, 2.75) is 12.8 Å². The molecule has 0 unspecified atom stereocenters. The van der Waals surface area contributed by atoms with E-state index in [2.05, 4.69) is 6.08 Å². The monoisotopic (exact) mass is 133 g/mol. The summed E-state index contributed by atoms with van der Waals surface area (Å²) in [5.41, 5.74) is 5.22. The molecule has 0 aromatic carbocycles. The van der Waals surface area contributed by atoms with Crippen LogP contribution in [-0.4, -0.2) is 6.54 Å². The van der Waals surface area contributed by atoms with Gasteiger partial charge in [-0.2, -0.15) is 0 Å². The average Bonchev–Trinajstić information content (AvgIpc) is 2.42. The third kappa shape index (κ3) is 3.05. The van der Waals surface area contributed by atoms with Crippen molar-refractivity contribution in [1.82, 2.24) is 0 Å². The van der Waals surface area contributed by atoms with Crippen LogP contribution in [0, 0.1) is 5.92 Å². The van der Waals surface area contributed by atoms with E-state index in [9.17, 15) is 0 Å². The maximum Gasteiger partial charge on any atom is 0.0106 e. The molecule has 2 N–H and O–H groups in total. The quantitative estimate of drug-likeness (QED) is 0.566. The molecule has 1 fully saturated rings. The highest BCUT2D eigenvalue weighted by Gasteiger charge is 2.16. The van der Waals surface area contributed by atoms with Crippen LogP contribution in [0.25, 0.3) is 0 Å². The van der Waals surface area contributed by atoms with Gasteiger partial charge in [-0.1, -0.05) is 12.2 Å². The Bertz CT molecular complexity index is 76.6. The second-order valence-electron chi connectivity index (χ2n) is 2.00. The maximum absolute atomic E-state index is 5.22. The van der Waals surface area contributed by atoms with Gasteiger partial charge in [0.25, 0.3) is 0 Å². The molecule has 48 valence electrons. The highest BCUT2D eigenvalue weighted by atomic mass is 35.5. The van der Waals surface area contributed by atoms with Crippen molar-refractivity contribution in [3.63, 3.8) is 0 Å². The molecule has 1 nitrogen and oxygen atoms in total. The van der Waals surface area contributed by atoms with E-state index in [1.165, 1.54) is 12.8 Å². The van der Waals surface area contributed by atoms with Crippen LogP contribution in [0.5, 0.6) is 0 Å². The van der Waals surface area contributed by atoms with E-state index >= 15 is 0 Å². The molecule has 0 atom stereocenters. The van der Waals surface area contributed by atoms with Gasteiger partial charge in [0.1, 0.15) is 0 Å². The lowest BCUT2D eigenvalue weighted by Crippen LogP contribution is -1.91. The fourth-order valence-electron chi connectivity index (χ4n) is 0.560. The van der Waals surface area contributed by atoms with E-state index in [4.69, 9.17) is 5.73 Å². The molecule has 0 spiro atoms. The van der Waals surface area contributed by atoms with Crippen molar-refractivity contribution >= 4 is 12.4 Å². The average molecular weight is 134 g/mol. The van der Waals surface area contributed by atoms with Crippen LogP contribution in [0.2, 0.25) is 0 Å². The third-order valence-electron chi connectivity index (χ3n) is 1.17. The molecule has 0 aromatic heterocycles. The Hall–Kier alpha value is -0.0100. The van der Waals surface area contributed by atoms with Crippen LogP contribution in [0.4, 0.5) is 0 Å². The highest BCUT2D eigenvalue weighted by Crippen LogP contribution is 2.29. The largest absolute Gasteiger partial charge is 0.327 e. The van der Waals surface area contributed by atoms with E-state index < -0.39 is 0 Å². The first-order valence-electron chi connectivity index (χ1n) is 2.80. The summed E-state index contributed by atoms with van der Waals surface area (Å²) >= 11 is 0. The summed E-state index contributed by atoms with van der Waals surface area (Å²) in [6, 6.07) is 0. The zero-order valence-corrected chi connectivity index (χ0v) is 5.66. The molecule has 0 amide bonds. The van der Waals surface area contributed by atoms with Gasteiger partial charge in [-0.25, -0.2) is 0 Å². The minimum Gasteiger partial charge on any atom is -0.327 e. The van der Waals surface area contributed by atoms with Crippen molar-refractivity contribution in [2.24, 2.45) is 11.7 Å². The predicted molar refractivity (Wildman–Crippen MR) is 38.2 cm³/mol. The van der Waals surface area contributed by atoms with Gasteiger partial charge in [0.15, 0.2) is 0 Å². The molecule has 0 bridgehead atoms.